The number of carbonyl (C=O) groups is 1. The highest BCUT2D eigenvalue weighted by Gasteiger charge is 2.25. The normalized spacial score (nSPS) is 16.6. The lowest BCUT2D eigenvalue weighted by Crippen LogP contribution is -2.49. The Bertz CT molecular complexity index is 1280. The van der Waals surface area contributed by atoms with Gasteiger partial charge in [0.1, 0.15) is 5.82 Å². The molecule has 1 aromatic carbocycles. The average Bonchev–Trinajstić information content (AvgIpc) is 3.72. The molecule has 4 aromatic rings. The molecular formula is C27H29N7O2. The molecule has 0 unspecified atom stereocenters. The minimum absolute atomic E-state index is 0.0716. The Morgan fingerprint density at radius 2 is 1.81 bits per heavy atom. The number of hydrogen-bond donors (Lipinski definition) is 0. The highest BCUT2D eigenvalue weighted by atomic mass is 16.5. The highest BCUT2D eigenvalue weighted by Crippen LogP contribution is 2.34. The van der Waals surface area contributed by atoms with Gasteiger partial charge in [-0.2, -0.15) is 4.98 Å². The maximum absolute atomic E-state index is 13.0. The molecule has 4 heterocycles. The molecule has 1 saturated heterocycles. The van der Waals surface area contributed by atoms with Crippen molar-refractivity contribution < 1.29 is 9.32 Å². The number of hydrogen-bond acceptors (Lipinski definition) is 7. The van der Waals surface area contributed by atoms with Gasteiger partial charge in [-0.15, -0.1) is 0 Å². The average molecular weight is 484 g/mol. The smallest absolute Gasteiger partial charge is 0.253 e. The third-order valence-electron chi connectivity index (χ3n) is 7.17. The summed E-state index contributed by atoms with van der Waals surface area (Å²) < 4.78 is 7.52. The summed E-state index contributed by atoms with van der Waals surface area (Å²) in [5, 5.41) is 4.17. The number of amides is 1. The fourth-order valence-electron chi connectivity index (χ4n) is 5.06. The van der Waals surface area contributed by atoms with Crippen LogP contribution < -0.4 is 4.90 Å². The molecule has 36 heavy (non-hydrogen) atoms. The van der Waals surface area contributed by atoms with Crippen LogP contribution in [0.2, 0.25) is 0 Å². The van der Waals surface area contributed by atoms with Crippen molar-refractivity contribution in [1.82, 2.24) is 29.6 Å². The Hall–Kier alpha value is -4.01. The van der Waals surface area contributed by atoms with Crippen molar-refractivity contribution in [2.24, 2.45) is 0 Å². The Morgan fingerprint density at radius 1 is 1.00 bits per heavy atom. The van der Waals surface area contributed by atoms with Crippen LogP contribution in [0.25, 0.3) is 11.4 Å². The number of carbonyl (C=O) groups excluding carboxylic acids is 1. The molecule has 0 radical (unpaired) electrons. The number of pyridine rings is 1. The number of anilines is 1. The number of benzene rings is 1. The summed E-state index contributed by atoms with van der Waals surface area (Å²) in [5.74, 6) is 2.72. The zero-order valence-electron chi connectivity index (χ0n) is 20.2. The van der Waals surface area contributed by atoms with Gasteiger partial charge in [0.15, 0.2) is 0 Å². The van der Waals surface area contributed by atoms with Crippen LogP contribution in [0.4, 0.5) is 5.82 Å². The lowest BCUT2D eigenvalue weighted by Gasteiger charge is -2.35. The van der Waals surface area contributed by atoms with E-state index in [9.17, 15) is 4.79 Å². The lowest BCUT2D eigenvalue weighted by atomic mass is 10.1. The van der Waals surface area contributed by atoms with E-state index in [4.69, 9.17) is 4.52 Å². The van der Waals surface area contributed by atoms with E-state index in [0.29, 0.717) is 24.8 Å². The van der Waals surface area contributed by atoms with Crippen molar-refractivity contribution in [3.05, 3.63) is 78.3 Å². The summed E-state index contributed by atoms with van der Waals surface area (Å²) in [6.07, 6.45) is 12.0. The molecule has 1 saturated carbocycles. The van der Waals surface area contributed by atoms with Gasteiger partial charge in [0, 0.05) is 68.4 Å². The van der Waals surface area contributed by atoms with E-state index in [0.717, 1.165) is 60.9 Å². The van der Waals surface area contributed by atoms with Gasteiger partial charge in [0.05, 0.1) is 6.33 Å². The van der Waals surface area contributed by atoms with Crippen LogP contribution in [0.1, 0.15) is 53.4 Å². The molecule has 1 aliphatic heterocycles. The van der Waals surface area contributed by atoms with E-state index in [1.807, 2.05) is 58.3 Å². The van der Waals surface area contributed by atoms with E-state index < -0.39 is 0 Å². The quantitative estimate of drug-likeness (QED) is 0.409. The first-order chi connectivity index (χ1) is 17.7. The Morgan fingerprint density at radius 3 is 2.50 bits per heavy atom. The summed E-state index contributed by atoms with van der Waals surface area (Å²) >= 11 is 0. The monoisotopic (exact) mass is 483 g/mol. The summed E-state index contributed by atoms with van der Waals surface area (Å²) in [6.45, 7) is 3.55. The van der Waals surface area contributed by atoms with Crippen LogP contribution in [0.15, 0.2) is 65.8 Å². The molecule has 1 aliphatic carbocycles. The van der Waals surface area contributed by atoms with Crippen LogP contribution in [0.5, 0.6) is 0 Å². The summed E-state index contributed by atoms with van der Waals surface area (Å²) in [4.78, 5) is 30.5. The molecule has 0 bridgehead atoms. The molecule has 9 heteroatoms. The SMILES string of the molecule is O=C(c1ccc(Cn2ccnc2)cc1)N1CCN(c2ccc(-c3noc(C4CCCC4)n3)cn2)CC1. The van der Waals surface area contributed by atoms with Gasteiger partial charge in [0.25, 0.3) is 5.91 Å². The van der Waals surface area contributed by atoms with Crippen molar-refractivity contribution >= 4 is 11.7 Å². The number of piperazine rings is 1. The molecule has 6 rings (SSSR count). The zero-order valence-corrected chi connectivity index (χ0v) is 20.2. The zero-order chi connectivity index (χ0) is 24.3. The van der Waals surface area contributed by atoms with E-state index in [1.165, 1.54) is 12.8 Å². The molecule has 9 nitrogen and oxygen atoms in total. The van der Waals surface area contributed by atoms with E-state index in [2.05, 4.69) is 25.0 Å². The first-order valence-corrected chi connectivity index (χ1v) is 12.6. The predicted molar refractivity (Wildman–Crippen MR) is 135 cm³/mol. The van der Waals surface area contributed by atoms with Crippen LogP contribution in [-0.2, 0) is 6.54 Å². The Kier molecular flexibility index (Phi) is 6.19. The van der Waals surface area contributed by atoms with Crippen molar-refractivity contribution in [2.45, 2.75) is 38.1 Å². The van der Waals surface area contributed by atoms with Gasteiger partial charge >= 0.3 is 0 Å². The molecule has 2 fully saturated rings. The van der Waals surface area contributed by atoms with Gasteiger partial charge in [-0.05, 0) is 42.7 Å². The second-order valence-electron chi connectivity index (χ2n) is 9.55. The Balaban J connectivity index is 1.04. The molecule has 2 aliphatic rings. The molecule has 0 spiro atoms. The Labute approximate surface area is 209 Å². The van der Waals surface area contributed by atoms with Gasteiger partial charge in [0.2, 0.25) is 11.7 Å². The molecular weight excluding hydrogens is 454 g/mol. The van der Waals surface area contributed by atoms with Crippen molar-refractivity contribution in [1.29, 1.82) is 0 Å². The fraction of sp³-hybridized carbons (Fsp3) is 0.370. The third kappa shape index (κ3) is 4.73. The maximum Gasteiger partial charge on any atom is 0.253 e. The van der Waals surface area contributed by atoms with Crippen molar-refractivity contribution in [2.75, 3.05) is 31.1 Å². The maximum atomic E-state index is 13.0. The fourth-order valence-corrected chi connectivity index (χ4v) is 5.06. The van der Waals surface area contributed by atoms with Crippen LogP contribution in [0.3, 0.4) is 0 Å². The molecule has 0 N–H and O–H groups in total. The van der Waals surface area contributed by atoms with E-state index >= 15 is 0 Å². The summed E-state index contributed by atoms with van der Waals surface area (Å²) in [7, 11) is 0. The second-order valence-corrected chi connectivity index (χ2v) is 9.55. The van der Waals surface area contributed by atoms with Crippen LogP contribution in [-0.4, -0.2) is 61.7 Å². The van der Waals surface area contributed by atoms with Crippen molar-refractivity contribution in [3.63, 3.8) is 0 Å². The van der Waals surface area contributed by atoms with Crippen LogP contribution in [0, 0.1) is 0 Å². The number of imidazole rings is 1. The van der Waals surface area contributed by atoms with Gasteiger partial charge < -0.3 is 18.9 Å². The van der Waals surface area contributed by atoms with E-state index in [1.54, 1.807) is 12.5 Å². The number of nitrogens with zero attached hydrogens (tertiary/aromatic N) is 7. The molecule has 1 amide bonds. The topological polar surface area (TPSA) is 93.2 Å². The lowest BCUT2D eigenvalue weighted by molar-refractivity contribution is 0.0746. The predicted octanol–water partition coefficient (Wildman–Crippen LogP) is 4.00. The number of aromatic nitrogens is 5. The van der Waals surface area contributed by atoms with Gasteiger partial charge in [-0.3, -0.25) is 4.79 Å². The highest BCUT2D eigenvalue weighted by molar-refractivity contribution is 5.94. The second kappa shape index (κ2) is 9.93. The summed E-state index contributed by atoms with van der Waals surface area (Å²) in [5.41, 5.74) is 2.72. The van der Waals surface area contributed by atoms with Gasteiger partial charge in [-0.25, -0.2) is 9.97 Å². The van der Waals surface area contributed by atoms with E-state index in [-0.39, 0.29) is 5.91 Å². The molecule has 3 aromatic heterocycles. The van der Waals surface area contributed by atoms with Gasteiger partial charge in [-0.1, -0.05) is 30.1 Å². The molecule has 0 atom stereocenters. The minimum Gasteiger partial charge on any atom is -0.353 e. The van der Waals surface area contributed by atoms with Crippen LogP contribution >= 0.6 is 0 Å². The third-order valence-corrected chi connectivity index (χ3v) is 7.17. The van der Waals surface area contributed by atoms with Crippen molar-refractivity contribution in [3.8, 4) is 11.4 Å². The number of rotatable bonds is 6. The standard InChI is InChI=1S/C27H29N7O2/c35-27(22-7-5-20(6-8-22)18-32-12-11-28-19-32)34-15-13-33(14-16-34)24-10-9-23(17-29-24)25-30-26(36-31-25)21-3-1-2-4-21/h5-12,17,19,21H,1-4,13-16,18H2. The first-order valence-electron chi connectivity index (χ1n) is 12.6. The molecule has 184 valence electrons. The first kappa shape index (κ1) is 22.5. The largest absolute Gasteiger partial charge is 0.353 e. The summed E-state index contributed by atoms with van der Waals surface area (Å²) in [6, 6.07) is 11.8. The minimum atomic E-state index is 0.0716.